The summed E-state index contributed by atoms with van der Waals surface area (Å²) in [5.41, 5.74) is 2.87. The Bertz CT molecular complexity index is 1230. The second kappa shape index (κ2) is 8.42. The van der Waals surface area contributed by atoms with Gasteiger partial charge >= 0.3 is 0 Å². The number of carbonyl (C=O) groups excluding carboxylic acids is 1. The minimum atomic E-state index is -0.535. The molecule has 0 aliphatic rings. The van der Waals surface area contributed by atoms with Crippen molar-refractivity contribution in [1.29, 1.82) is 0 Å². The van der Waals surface area contributed by atoms with Crippen molar-refractivity contribution < 1.29 is 4.79 Å². The quantitative estimate of drug-likeness (QED) is 0.506. The molecule has 0 saturated carbocycles. The molecule has 1 unspecified atom stereocenters. The summed E-state index contributed by atoms with van der Waals surface area (Å²) in [6.07, 6.45) is 0. The normalized spacial score (nSPS) is 11.8. The maximum absolute atomic E-state index is 13.3. The van der Waals surface area contributed by atoms with E-state index < -0.39 is 11.5 Å². The van der Waals surface area contributed by atoms with E-state index >= 15 is 0 Å². The van der Waals surface area contributed by atoms with Gasteiger partial charge in [0.05, 0.1) is 22.4 Å². The van der Waals surface area contributed by atoms with Crippen molar-refractivity contribution in [2.75, 3.05) is 0 Å². The number of hydrogen-bond acceptors (Lipinski definition) is 5. The molecule has 1 amide bonds. The van der Waals surface area contributed by atoms with Crippen LogP contribution in [0.15, 0.2) is 70.8 Å². The third kappa shape index (κ3) is 3.92. The van der Waals surface area contributed by atoms with Gasteiger partial charge in [-0.1, -0.05) is 60.7 Å². The molecule has 2 aromatic carbocycles. The van der Waals surface area contributed by atoms with Crippen LogP contribution in [0.2, 0.25) is 0 Å². The Morgan fingerprint density at radius 3 is 2.27 bits per heavy atom. The van der Waals surface area contributed by atoms with Crippen LogP contribution in [0.25, 0.3) is 22.4 Å². The topological polar surface area (TPSA) is 87.7 Å². The number of aromatic amines is 1. The van der Waals surface area contributed by atoms with Crippen molar-refractivity contribution in [2.24, 2.45) is 0 Å². The van der Waals surface area contributed by atoms with Crippen LogP contribution in [0.4, 0.5) is 0 Å². The fourth-order valence-electron chi connectivity index (χ4n) is 3.28. The average molecular weight is 417 g/mol. The zero-order valence-corrected chi connectivity index (χ0v) is 17.4. The van der Waals surface area contributed by atoms with Gasteiger partial charge in [-0.2, -0.15) is 5.10 Å². The molecule has 4 rings (SSSR count). The van der Waals surface area contributed by atoms with Crippen LogP contribution in [0.3, 0.4) is 0 Å². The Labute approximate surface area is 177 Å². The number of benzene rings is 2. The van der Waals surface area contributed by atoms with Crippen molar-refractivity contribution in [3.05, 3.63) is 92.7 Å². The van der Waals surface area contributed by atoms with Gasteiger partial charge in [0, 0.05) is 16.5 Å². The minimum Gasteiger partial charge on any atom is -0.344 e. The van der Waals surface area contributed by atoms with Crippen molar-refractivity contribution in [3.8, 4) is 22.4 Å². The Kier molecular flexibility index (Phi) is 5.54. The summed E-state index contributed by atoms with van der Waals surface area (Å²) >= 11 is 1.52. The van der Waals surface area contributed by atoms with Gasteiger partial charge in [0.2, 0.25) is 0 Å². The van der Waals surface area contributed by atoms with Gasteiger partial charge in [-0.3, -0.25) is 9.59 Å². The molecule has 0 aliphatic heterocycles. The maximum atomic E-state index is 13.3. The lowest BCUT2D eigenvalue weighted by Crippen LogP contribution is -2.33. The van der Waals surface area contributed by atoms with E-state index in [1.807, 2.05) is 79.9 Å². The summed E-state index contributed by atoms with van der Waals surface area (Å²) in [5, 5.41) is 12.5. The summed E-state index contributed by atoms with van der Waals surface area (Å²) in [4.78, 5) is 30.4. The first kappa shape index (κ1) is 19.7. The van der Waals surface area contributed by atoms with Crippen LogP contribution in [-0.4, -0.2) is 21.1 Å². The molecule has 2 heterocycles. The van der Waals surface area contributed by atoms with E-state index in [1.165, 1.54) is 11.3 Å². The SMILES string of the molecule is Cc1nc(C(C)NC(=O)c2c(-c3ccccc3)c(-c3ccccc3)n[nH]c2=O)cs1. The lowest BCUT2D eigenvalue weighted by Gasteiger charge is -2.16. The number of amides is 1. The van der Waals surface area contributed by atoms with Gasteiger partial charge in [-0.25, -0.2) is 10.1 Å². The van der Waals surface area contributed by atoms with Gasteiger partial charge in [-0.15, -0.1) is 11.3 Å². The summed E-state index contributed by atoms with van der Waals surface area (Å²) in [6.45, 7) is 3.76. The molecule has 30 heavy (non-hydrogen) atoms. The summed E-state index contributed by atoms with van der Waals surface area (Å²) in [5.74, 6) is -0.465. The Hall–Kier alpha value is -3.58. The monoisotopic (exact) mass is 416 g/mol. The maximum Gasteiger partial charge on any atom is 0.277 e. The van der Waals surface area contributed by atoms with Gasteiger partial charge in [-0.05, 0) is 19.4 Å². The second-order valence-corrected chi connectivity index (χ2v) is 7.93. The first-order valence-electron chi connectivity index (χ1n) is 9.51. The summed E-state index contributed by atoms with van der Waals surface area (Å²) in [7, 11) is 0. The molecular formula is C23H20N4O2S. The minimum absolute atomic E-state index is 0.0360. The number of H-pyrrole nitrogens is 1. The molecule has 0 aliphatic carbocycles. The van der Waals surface area contributed by atoms with Gasteiger partial charge < -0.3 is 5.32 Å². The number of thiazole rings is 1. The largest absolute Gasteiger partial charge is 0.344 e. The number of nitrogens with zero attached hydrogens (tertiary/aromatic N) is 2. The third-order valence-electron chi connectivity index (χ3n) is 4.75. The molecule has 0 radical (unpaired) electrons. The third-order valence-corrected chi connectivity index (χ3v) is 5.54. The van der Waals surface area contributed by atoms with E-state index in [9.17, 15) is 9.59 Å². The van der Waals surface area contributed by atoms with Gasteiger partial charge in [0.15, 0.2) is 0 Å². The van der Waals surface area contributed by atoms with Crippen LogP contribution < -0.4 is 10.9 Å². The fraction of sp³-hybridized carbons (Fsp3) is 0.130. The van der Waals surface area contributed by atoms with E-state index in [0.717, 1.165) is 21.8 Å². The van der Waals surface area contributed by atoms with E-state index in [-0.39, 0.29) is 11.6 Å². The van der Waals surface area contributed by atoms with Crippen molar-refractivity contribution in [3.63, 3.8) is 0 Å². The molecule has 0 fully saturated rings. The van der Waals surface area contributed by atoms with Crippen LogP contribution in [0.5, 0.6) is 0 Å². The Morgan fingerprint density at radius 1 is 1.03 bits per heavy atom. The Morgan fingerprint density at radius 2 is 1.67 bits per heavy atom. The van der Waals surface area contributed by atoms with Crippen LogP contribution in [0.1, 0.15) is 34.0 Å². The standard InChI is InChI=1S/C23H20N4O2S/c1-14(18-13-30-15(2)25-18)24-22(28)20-19(16-9-5-3-6-10-16)21(26-27-23(20)29)17-11-7-4-8-12-17/h3-14H,1-2H3,(H,24,28)(H,27,29). The van der Waals surface area contributed by atoms with Crippen LogP contribution in [-0.2, 0) is 0 Å². The number of nitrogens with one attached hydrogen (secondary N) is 2. The van der Waals surface area contributed by atoms with Crippen LogP contribution >= 0.6 is 11.3 Å². The first-order chi connectivity index (χ1) is 14.5. The molecule has 7 heteroatoms. The molecule has 150 valence electrons. The van der Waals surface area contributed by atoms with Gasteiger partial charge in [0.25, 0.3) is 11.5 Å². The van der Waals surface area contributed by atoms with E-state index in [4.69, 9.17) is 0 Å². The van der Waals surface area contributed by atoms with Crippen molar-refractivity contribution in [1.82, 2.24) is 20.5 Å². The number of aryl methyl sites for hydroxylation is 1. The molecule has 0 spiro atoms. The number of carbonyl (C=O) groups is 1. The molecule has 0 saturated heterocycles. The lowest BCUT2D eigenvalue weighted by molar-refractivity contribution is 0.0938. The molecule has 1 atom stereocenters. The molecular weight excluding hydrogens is 396 g/mol. The zero-order valence-electron chi connectivity index (χ0n) is 16.5. The highest BCUT2D eigenvalue weighted by atomic mass is 32.1. The van der Waals surface area contributed by atoms with Gasteiger partial charge in [0.1, 0.15) is 5.56 Å². The van der Waals surface area contributed by atoms with Crippen molar-refractivity contribution in [2.45, 2.75) is 19.9 Å². The number of rotatable bonds is 5. The van der Waals surface area contributed by atoms with Crippen LogP contribution in [0, 0.1) is 6.92 Å². The predicted octanol–water partition coefficient (Wildman–Crippen LogP) is 4.36. The number of hydrogen-bond donors (Lipinski definition) is 2. The predicted molar refractivity (Wildman–Crippen MR) is 118 cm³/mol. The highest BCUT2D eigenvalue weighted by molar-refractivity contribution is 7.09. The highest BCUT2D eigenvalue weighted by Crippen LogP contribution is 2.31. The molecule has 2 N–H and O–H groups in total. The average Bonchev–Trinajstić information content (AvgIpc) is 3.21. The summed E-state index contributed by atoms with van der Waals surface area (Å²) in [6, 6.07) is 18.5. The summed E-state index contributed by atoms with van der Waals surface area (Å²) < 4.78 is 0. The molecule has 6 nitrogen and oxygen atoms in total. The lowest BCUT2D eigenvalue weighted by atomic mass is 9.95. The Balaban J connectivity index is 1.84. The smallest absolute Gasteiger partial charge is 0.277 e. The van der Waals surface area contributed by atoms with Crippen molar-refractivity contribution >= 4 is 17.2 Å². The molecule has 2 aromatic heterocycles. The van der Waals surface area contributed by atoms with E-state index in [1.54, 1.807) is 0 Å². The molecule has 4 aromatic rings. The first-order valence-corrected chi connectivity index (χ1v) is 10.4. The van der Waals surface area contributed by atoms with E-state index in [0.29, 0.717) is 11.3 Å². The van der Waals surface area contributed by atoms with E-state index in [2.05, 4.69) is 20.5 Å². The second-order valence-electron chi connectivity index (χ2n) is 6.87. The zero-order chi connectivity index (χ0) is 21.1. The molecule has 0 bridgehead atoms. The number of aromatic nitrogens is 3. The fourth-order valence-corrected chi connectivity index (χ4v) is 3.99. The highest BCUT2D eigenvalue weighted by Gasteiger charge is 2.24.